The first-order chi connectivity index (χ1) is 12.7. The van der Waals surface area contributed by atoms with Crippen molar-refractivity contribution in [2.45, 2.75) is 0 Å². The molecule has 1 aliphatic rings. The van der Waals surface area contributed by atoms with Gasteiger partial charge in [0.05, 0.1) is 0 Å². The summed E-state index contributed by atoms with van der Waals surface area (Å²) in [5.74, 6) is 1.68. The van der Waals surface area contributed by atoms with Gasteiger partial charge in [0.2, 0.25) is 6.79 Å². The van der Waals surface area contributed by atoms with Crippen LogP contribution in [0.15, 0.2) is 60.8 Å². The minimum Gasteiger partial charge on any atom is -0.454 e. The number of aromatic nitrogens is 1. The minimum absolute atomic E-state index is 0.218. The molecule has 2 aromatic carbocycles. The van der Waals surface area contributed by atoms with E-state index in [1.807, 2.05) is 18.2 Å². The van der Waals surface area contributed by atoms with Crippen LogP contribution in [0.2, 0.25) is 5.02 Å². The summed E-state index contributed by atoms with van der Waals surface area (Å²) in [7, 11) is 0. The molecule has 0 fully saturated rings. The number of carbonyl (C=O) groups is 1. The highest BCUT2D eigenvalue weighted by molar-refractivity contribution is 6.31. The van der Waals surface area contributed by atoms with E-state index in [1.54, 1.807) is 42.6 Å². The molecule has 0 aliphatic carbocycles. The van der Waals surface area contributed by atoms with E-state index in [-0.39, 0.29) is 12.7 Å². The Balaban J connectivity index is 1.50. The van der Waals surface area contributed by atoms with Crippen LogP contribution in [0.5, 0.6) is 11.5 Å². The fourth-order valence-corrected chi connectivity index (χ4v) is 2.72. The molecule has 2 heterocycles. The Morgan fingerprint density at radius 2 is 1.88 bits per heavy atom. The number of anilines is 3. The number of amides is 1. The number of ether oxygens (including phenoxy) is 2. The Morgan fingerprint density at radius 3 is 2.77 bits per heavy atom. The predicted molar refractivity (Wildman–Crippen MR) is 99.5 cm³/mol. The molecule has 6 nitrogen and oxygen atoms in total. The van der Waals surface area contributed by atoms with Gasteiger partial charge >= 0.3 is 0 Å². The highest BCUT2D eigenvalue weighted by Gasteiger charge is 2.14. The molecule has 0 atom stereocenters. The molecule has 2 N–H and O–H groups in total. The number of carbonyl (C=O) groups excluding carboxylic acids is 1. The van der Waals surface area contributed by atoms with Crippen LogP contribution in [0.3, 0.4) is 0 Å². The van der Waals surface area contributed by atoms with Crippen molar-refractivity contribution < 1.29 is 14.3 Å². The van der Waals surface area contributed by atoms with Gasteiger partial charge in [-0.25, -0.2) is 4.98 Å². The van der Waals surface area contributed by atoms with Gasteiger partial charge in [-0.3, -0.25) is 4.79 Å². The summed E-state index contributed by atoms with van der Waals surface area (Å²) in [6.07, 6.45) is 1.57. The molecule has 3 aromatic rings. The van der Waals surface area contributed by atoms with Crippen molar-refractivity contribution in [1.82, 2.24) is 4.98 Å². The van der Waals surface area contributed by atoms with Gasteiger partial charge in [0.1, 0.15) is 5.82 Å². The van der Waals surface area contributed by atoms with Gasteiger partial charge in [-0.05, 0) is 42.5 Å². The van der Waals surface area contributed by atoms with Gasteiger partial charge < -0.3 is 20.1 Å². The Morgan fingerprint density at radius 1 is 1.00 bits per heavy atom. The smallest absolute Gasteiger partial charge is 0.255 e. The molecular formula is C19H14ClN3O3. The van der Waals surface area contributed by atoms with Crippen LogP contribution in [0.1, 0.15) is 10.4 Å². The zero-order valence-electron chi connectivity index (χ0n) is 13.5. The molecule has 1 amide bonds. The standard InChI is InChI=1S/C19H14ClN3O3/c20-13-2-1-3-14(9-13)23-19(24)12-6-7-21-18(8-12)22-15-4-5-16-17(10-15)26-11-25-16/h1-10H,11H2,(H,21,22)(H,23,24). The van der Waals surface area contributed by atoms with E-state index in [0.29, 0.717) is 33.6 Å². The maximum absolute atomic E-state index is 12.4. The fraction of sp³-hybridized carbons (Fsp3) is 0.0526. The Hall–Kier alpha value is -3.25. The molecule has 0 bridgehead atoms. The molecule has 1 aliphatic heterocycles. The van der Waals surface area contributed by atoms with Crippen molar-refractivity contribution >= 4 is 34.7 Å². The van der Waals surface area contributed by atoms with E-state index in [2.05, 4.69) is 15.6 Å². The molecule has 0 radical (unpaired) electrons. The monoisotopic (exact) mass is 367 g/mol. The SMILES string of the molecule is O=C(Nc1cccc(Cl)c1)c1ccnc(Nc2ccc3c(c2)OCO3)c1. The van der Waals surface area contributed by atoms with Gasteiger partial charge in [0.25, 0.3) is 5.91 Å². The van der Waals surface area contributed by atoms with Gasteiger partial charge in [-0.15, -0.1) is 0 Å². The van der Waals surface area contributed by atoms with Crippen LogP contribution in [0, 0.1) is 0 Å². The lowest BCUT2D eigenvalue weighted by atomic mass is 10.2. The summed E-state index contributed by atoms with van der Waals surface area (Å²) in [6, 6.07) is 15.8. The molecule has 4 rings (SSSR count). The third-order valence-electron chi connectivity index (χ3n) is 3.75. The topological polar surface area (TPSA) is 72.5 Å². The number of nitrogens with zero attached hydrogens (tertiary/aromatic N) is 1. The molecule has 26 heavy (non-hydrogen) atoms. The summed E-state index contributed by atoms with van der Waals surface area (Å²) in [5.41, 5.74) is 1.89. The summed E-state index contributed by atoms with van der Waals surface area (Å²) in [5, 5.41) is 6.52. The van der Waals surface area contributed by atoms with Crippen LogP contribution in [-0.2, 0) is 0 Å². The second-order valence-electron chi connectivity index (χ2n) is 5.59. The molecule has 0 saturated carbocycles. The van der Waals surface area contributed by atoms with Crippen LogP contribution >= 0.6 is 11.6 Å². The summed E-state index contributed by atoms with van der Waals surface area (Å²) < 4.78 is 10.6. The van der Waals surface area contributed by atoms with E-state index < -0.39 is 0 Å². The number of rotatable bonds is 4. The molecule has 1 aromatic heterocycles. The number of fused-ring (bicyclic) bond motifs is 1. The van der Waals surface area contributed by atoms with Crippen molar-refractivity contribution in [1.29, 1.82) is 0 Å². The number of nitrogens with one attached hydrogen (secondary N) is 2. The summed E-state index contributed by atoms with van der Waals surface area (Å²) >= 11 is 5.94. The average molecular weight is 368 g/mol. The van der Waals surface area contributed by atoms with Crippen molar-refractivity contribution in [3.05, 3.63) is 71.4 Å². The zero-order valence-corrected chi connectivity index (χ0v) is 14.3. The minimum atomic E-state index is -0.247. The molecule has 130 valence electrons. The van der Waals surface area contributed by atoms with Crippen molar-refractivity contribution in [3.63, 3.8) is 0 Å². The lowest BCUT2D eigenvalue weighted by Gasteiger charge is -2.09. The third kappa shape index (κ3) is 3.55. The van der Waals surface area contributed by atoms with Gasteiger partial charge in [0, 0.05) is 34.2 Å². The highest BCUT2D eigenvalue weighted by atomic mass is 35.5. The van der Waals surface area contributed by atoms with Gasteiger partial charge in [-0.1, -0.05) is 17.7 Å². The third-order valence-corrected chi connectivity index (χ3v) is 3.98. The molecule has 7 heteroatoms. The molecule has 0 spiro atoms. The van der Waals surface area contributed by atoms with Gasteiger partial charge in [0.15, 0.2) is 11.5 Å². The lowest BCUT2D eigenvalue weighted by molar-refractivity contribution is 0.102. The summed E-state index contributed by atoms with van der Waals surface area (Å²) in [6.45, 7) is 0.218. The average Bonchev–Trinajstić information content (AvgIpc) is 3.10. The van der Waals surface area contributed by atoms with Crippen molar-refractivity contribution in [3.8, 4) is 11.5 Å². The number of halogens is 1. The number of hydrogen-bond acceptors (Lipinski definition) is 5. The first-order valence-electron chi connectivity index (χ1n) is 7.87. The van der Waals surface area contributed by atoms with E-state index in [4.69, 9.17) is 21.1 Å². The molecular weight excluding hydrogens is 354 g/mol. The maximum atomic E-state index is 12.4. The number of hydrogen-bond donors (Lipinski definition) is 2. The second-order valence-corrected chi connectivity index (χ2v) is 6.02. The Labute approximate surface area is 154 Å². The van der Waals surface area contributed by atoms with Crippen LogP contribution < -0.4 is 20.1 Å². The first-order valence-corrected chi connectivity index (χ1v) is 8.25. The van der Waals surface area contributed by atoms with Crippen molar-refractivity contribution in [2.24, 2.45) is 0 Å². The molecule has 0 saturated heterocycles. The largest absolute Gasteiger partial charge is 0.454 e. The zero-order chi connectivity index (χ0) is 17.9. The Kier molecular flexibility index (Phi) is 4.33. The number of benzene rings is 2. The van der Waals surface area contributed by atoms with Crippen LogP contribution in [0.25, 0.3) is 0 Å². The first kappa shape index (κ1) is 16.2. The fourth-order valence-electron chi connectivity index (χ4n) is 2.53. The second kappa shape index (κ2) is 6.93. The highest BCUT2D eigenvalue weighted by Crippen LogP contribution is 2.34. The molecule has 0 unspecified atom stereocenters. The van der Waals surface area contributed by atoms with Gasteiger partial charge in [-0.2, -0.15) is 0 Å². The van der Waals surface area contributed by atoms with E-state index in [0.717, 1.165) is 5.69 Å². The van der Waals surface area contributed by atoms with E-state index in [9.17, 15) is 4.79 Å². The normalized spacial score (nSPS) is 11.9. The van der Waals surface area contributed by atoms with Crippen molar-refractivity contribution in [2.75, 3.05) is 17.4 Å². The maximum Gasteiger partial charge on any atom is 0.255 e. The van der Waals surface area contributed by atoms with E-state index in [1.165, 1.54) is 0 Å². The predicted octanol–water partition coefficient (Wildman–Crippen LogP) is 4.46. The quantitative estimate of drug-likeness (QED) is 0.712. The lowest BCUT2D eigenvalue weighted by Crippen LogP contribution is -2.12. The Bertz CT molecular complexity index is 978. The number of pyridine rings is 1. The van der Waals surface area contributed by atoms with Crippen LogP contribution in [-0.4, -0.2) is 17.7 Å². The van der Waals surface area contributed by atoms with E-state index >= 15 is 0 Å². The van der Waals surface area contributed by atoms with Crippen LogP contribution in [0.4, 0.5) is 17.2 Å². The summed E-state index contributed by atoms with van der Waals surface area (Å²) in [4.78, 5) is 16.7.